The lowest BCUT2D eigenvalue weighted by molar-refractivity contribution is -0.175. The third-order valence-electron chi connectivity index (χ3n) is 2.91. The van der Waals surface area contributed by atoms with Gasteiger partial charge in [-0.25, -0.2) is 0 Å². The lowest BCUT2D eigenvalue weighted by atomic mass is 9.78. The first kappa shape index (κ1) is 17.9. The fourth-order valence-electron chi connectivity index (χ4n) is 1.74. The van der Waals surface area contributed by atoms with Crippen LogP contribution in [0.3, 0.4) is 0 Å². The van der Waals surface area contributed by atoms with Gasteiger partial charge in [-0.05, 0) is 31.3 Å². The Labute approximate surface area is 114 Å². The second-order valence-electron chi connectivity index (χ2n) is 7.80. The maximum atomic E-state index is 9.98. The molecule has 0 aromatic heterocycles. The van der Waals surface area contributed by atoms with Gasteiger partial charge in [-0.1, -0.05) is 41.5 Å². The van der Waals surface area contributed by atoms with Gasteiger partial charge in [-0.15, -0.1) is 0 Å². The normalized spacial score (nSPS) is 17.0. The van der Waals surface area contributed by atoms with Gasteiger partial charge < -0.3 is 14.7 Å². The number of aliphatic hydroxyl groups excluding tert-OH is 1. The molecule has 0 spiro atoms. The number of rotatable bonds is 6. The molecule has 18 heavy (non-hydrogen) atoms. The molecule has 0 heterocycles. The fraction of sp³-hybridized carbons (Fsp3) is 1.00. The third kappa shape index (κ3) is 8.90. The standard InChI is InChI=1S/C15H33NO2/c1-14(2,3)11-12(15(4,5)6)18-13(17)9-10-16(7)8/h12-13,17H,9-11H2,1-8H3. The van der Waals surface area contributed by atoms with Crippen LogP contribution in [-0.2, 0) is 4.74 Å². The number of ether oxygens (including phenoxy) is 1. The zero-order valence-corrected chi connectivity index (χ0v) is 13.6. The van der Waals surface area contributed by atoms with Crippen LogP contribution in [0.15, 0.2) is 0 Å². The Kier molecular flexibility index (Phi) is 6.83. The summed E-state index contributed by atoms with van der Waals surface area (Å²) in [7, 11) is 4.01. The van der Waals surface area contributed by atoms with E-state index in [9.17, 15) is 5.11 Å². The summed E-state index contributed by atoms with van der Waals surface area (Å²) in [5.74, 6) is 0. The van der Waals surface area contributed by atoms with Crippen molar-refractivity contribution in [1.82, 2.24) is 4.90 Å². The van der Waals surface area contributed by atoms with Crippen LogP contribution in [0.4, 0.5) is 0 Å². The first-order valence-electron chi connectivity index (χ1n) is 6.90. The van der Waals surface area contributed by atoms with Crippen LogP contribution in [0.1, 0.15) is 54.4 Å². The minimum atomic E-state index is -0.668. The summed E-state index contributed by atoms with van der Waals surface area (Å²) in [5, 5.41) is 9.98. The molecular formula is C15H33NO2. The highest BCUT2D eigenvalue weighted by Gasteiger charge is 2.31. The Morgan fingerprint density at radius 1 is 1.06 bits per heavy atom. The molecule has 0 fully saturated rings. The van der Waals surface area contributed by atoms with Gasteiger partial charge in [0.1, 0.15) is 0 Å². The highest BCUT2D eigenvalue weighted by Crippen LogP contribution is 2.33. The van der Waals surface area contributed by atoms with E-state index < -0.39 is 6.29 Å². The van der Waals surface area contributed by atoms with E-state index >= 15 is 0 Å². The molecular weight excluding hydrogens is 226 g/mol. The maximum absolute atomic E-state index is 9.98. The van der Waals surface area contributed by atoms with Crippen molar-refractivity contribution in [3.63, 3.8) is 0 Å². The minimum Gasteiger partial charge on any atom is -0.368 e. The molecule has 0 radical (unpaired) electrons. The summed E-state index contributed by atoms with van der Waals surface area (Å²) in [6.45, 7) is 14.0. The Hall–Kier alpha value is -0.120. The van der Waals surface area contributed by atoms with Crippen LogP contribution in [0.5, 0.6) is 0 Å². The van der Waals surface area contributed by atoms with Crippen molar-refractivity contribution in [2.24, 2.45) is 10.8 Å². The van der Waals surface area contributed by atoms with Crippen molar-refractivity contribution < 1.29 is 9.84 Å². The molecule has 0 aromatic rings. The highest BCUT2D eigenvalue weighted by molar-refractivity contribution is 4.80. The van der Waals surface area contributed by atoms with Gasteiger partial charge in [0.05, 0.1) is 6.10 Å². The van der Waals surface area contributed by atoms with Crippen LogP contribution in [0, 0.1) is 10.8 Å². The Bertz CT molecular complexity index is 226. The maximum Gasteiger partial charge on any atom is 0.156 e. The van der Waals surface area contributed by atoms with Gasteiger partial charge in [0.2, 0.25) is 0 Å². The lowest BCUT2D eigenvalue weighted by Crippen LogP contribution is -2.37. The summed E-state index contributed by atoms with van der Waals surface area (Å²) in [6, 6.07) is 0. The second-order valence-corrected chi connectivity index (χ2v) is 7.80. The summed E-state index contributed by atoms with van der Waals surface area (Å²) in [5.41, 5.74) is 0.256. The predicted molar refractivity (Wildman–Crippen MR) is 77.6 cm³/mol. The van der Waals surface area contributed by atoms with E-state index in [0.29, 0.717) is 6.42 Å². The van der Waals surface area contributed by atoms with Gasteiger partial charge in [0.25, 0.3) is 0 Å². The number of hydrogen-bond acceptors (Lipinski definition) is 3. The summed E-state index contributed by atoms with van der Waals surface area (Å²) in [4.78, 5) is 2.06. The van der Waals surface area contributed by atoms with Crippen LogP contribution >= 0.6 is 0 Å². The molecule has 110 valence electrons. The van der Waals surface area contributed by atoms with Crippen LogP contribution in [-0.4, -0.2) is 43.0 Å². The van der Waals surface area contributed by atoms with E-state index in [0.717, 1.165) is 13.0 Å². The van der Waals surface area contributed by atoms with E-state index in [4.69, 9.17) is 4.74 Å². The minimum absolute atomic E-state index is 0.0480. The Balaban J connectivity index is 4.42. The molecule has 0 saturated carbocycles. The lowest BCUT2D eigenvalue weighted by Gasteiger charge is -2.36. The zero-order chi connectivity index (χ0) is 14.6. The van der Waals surface area contributed by atoms with Crippen molar-refractivity contribution in [2.75, 3.05) is 20.6 Å². The summed E-state index contributed by atoms with van der Waals surface area (Å²) >= 11 is 0. The molecule has 3 nitrogen and oxygen atoms in total. The van der Waals surface area contributed by atoms with Crippen LogP contribution in [0.2, 0.25) is 0 Å². The monoisotopic (exact) mass is 259 g/mol. The predicted octanol–water partition coefficient (Wildman–Crippen LogP) is 3.12. The Morgan fingerprint density at radius 3 is 1.89 bits per heavy atom. The van der Waals surface area contributed by atoms with E-state index in [1.807, 2.05) is 14.1 Å². The van der Waals surface area contributed by atoms with Gasteiger partial charge in [-0.2, -0.15) is 0 Å². The average molecular weight is 259 g/mol. The first-order valence-corrected chi connectivity index (χ1v) is 6.90. The van der Waals surface area contributed by atoms with Crippen molar-refractivity contribution in [2.45, 2.75) is 66.8 Å². The molecule has 2 unspecified atom stereocenters. The molecule has 0 aliphatic carbocycles. The van der Waals surface area contributed by atoms with Crippen LogP contribution < -0.4 is 0 Å². The molecule has 0 rings (SSSR count). The zero-order valence-electron chi connectivity index (χ0n) is 13.6. The van der Waals surface area contributed by atoms with E-state index in [1.165, 1.54) is 0 Å². The number of hydrogen-bond donors (Lipinski definition) is 1. The molecule has 0 saturated heterocycles. The number of nitrogens with zero attached hydrogens (tertiary/aromatic N) is 1. The smallest absolute Gasteiger partial charge is 0.156 e. The molecule has 0 bridgehead atoms. The van der Waals surface area contributed by atoms with Gasteiger partial charge in [-0.3, -0.25) is 0 Å². The molecule has 3 heteroatoms. The molecule has 1 N–H and O–H groups in total. The van der Waals surface area contributed by atoms with Crippen molar-refractivity contribution in [3.05, 3.63) is 0 Å². The molecule has 0 aliphatic rings. The second kappa shape index (κ2) is 6.88. The largest absolute Gasteiger partial charge is 0.368 e. The third-order valence-corrected chi connectivity index (χ3v) is 2.91. The van der Waals surface area contributed by atoms with Gasteiger partial charge in [0, 0.05) is 13.0 Å². The van der Waals surface area contributed by atoms with Gasteiger partial charge in [0.15, 0.2) is 6.29 Å². The fourth-order valence-corrected chi connectivity index (χ4v) is 1.74. The van der Waals surface area contributed by atoms with Crippen molar-refractivity contribution >= 4 is 0 Å². The number of aliphatic hydroxyl groups is 1. The molecule has 0 aromatic carbocycles. The topological polar surface area (TPSA) is 32.7 Å². The SMILES string of the molecule is CN(C)CCC(O)OC(CC(C)(C)C)C(C)(C)C. The molecule has 0 aliphatic heterocycles. The van der Waals surface area contributed by atoms with Crippen molar-refractivity contribution in [3.8, 4) is 0 Å². The van der Waals surface area contributed by atoms with Gasteiger partial charge >= 0.3 is 0 Å². The summed E-state index contributed by atoms with van der Waals surface area (Å²) < 4.78 is 5.87. The molecule has 0 amide bonds. The van der Waals surface area contributed by atoms with E-state index in [2.05, 4.69) is 46.4 Å². The average Bonchev–Trinajstić information content (AvgIpc) is 2.10. The Morgan fingerprint density at radius 2 is 1.56 bits per heavy atom. The molecule has 2 atom stereocenters. The highest BCUT2D eigenvalue weighted by atomic mass is 16.6. The van der Waals surface area contributed by atoms with E-state index in [-0.39, 0.29) is 16.9 Å². The van der Waals surface area contributed by atoms with E-state index in [1.54, 1.807) is 0 Å². The quantitative estimate of drug-likeness (QED) is 0.744. The summed E-state index contributed by atoms with van der Waals surface area (Å²) in [6.07, 6.45) is 1.02. The van der Waals surface area contributed by atoms with Crippen molar-refractivity contribution in [1.29, 1.82) is 0 Å². The first-order chi connectivity index (χ1) is 7.92. The van der Waals surface area contributed by atoms with Crippen LogP contribution in [0.25, 0.3) is 0 Å².